The minimum atomic E-state index is -3.67. The van der Waals surface area contributed by atoms with Crippen LogP contribution < -0.4 is 4.72 Å². The summed E-state index contributed by atoms with van der Waals surface area (Å²) in [4.78, 5) is 12.2. The second kappa shape index (κ2) is 5.90. The Kier molecular flexibility index (Phi) is 4.38. The van der Waals surface area contributed by atoms with Gasteiger partial charge in [-0.3, -0.25) is 4.72 Å². The number of benzene rings is 1. The summed E-state index contributed by atoms with van der Waals surface area (Å²) in [6.07, 6.45) is -1.02. The van der Waals surface area contributed by atoms with Gasteiger partial charge in [0.2, 0.25) is 0 Å². The van der Waals surface area contributed by atoms with Crippen LogP contribution in [0.3, 0.4) is 0 Å². The SMILES string of the molecule is Cc1cccc(NS(=O)(=O)N2CCN(C(=O)O)[C@@H](C)C2)c1. The number of anilines is 1. The van der Waals surface area contributed by atoms with Gasteiger partial charge in [-0.2, -0.15) is 12.7 Å². The third kappa shape index (κ3) is 3.64. The van der Waals surface area contributed by atoms with E-state index in [9.17, 15) is 13.2 Å². The highest BCUT2D eigenvalue weighted by molar-refractivity contribution is 7.90. The maximum Gasteiger partial charge on any atom is 0.407 e. The van der Waals surface area contributed by atoms with Crippen molar-refractivity contribution < 1.29 is 18.3 Å². The molecule has 0 unspecified atom stereocenters. The predicted octanol–water partition coefficient (Wildman–Crippen LogP) is 1.34. The van der Waals surface area contributed by atoms with E-state index in [2.05, 4.69) is 4.72 Å². The number of hydrogen-bond donors (Lipinski definition) is 2. The zero-order valence-corrected chi connectivity index (χ0v) is 12.8. The molecule has 7 nitrogen and oxygen atoms in total. The topological polar surface area (TPSA) is 90.0 Å². The molecule has 0 saturated carbocycles. The van der Waals surface area contributed by atoms with Gasteiger partial charge < -0.3 is 10.0 Å². The van der Waals surface area contributed by atoms with Crippen LogP contribution >= 0.6 is 0 Å². The molecule has 1 fully saturated rings. The van der Waals surface area contributed by atoms with Gasteiger partial charge in [-0.05, 0) is 31.5 Å². The Bertz CT molecular complexity index is 632. The van der Waals surface area contributed by atoms with Crippen LogP contribution in [-0.4, -0.2) is 54.5 Å². The molecule has 0 bridgehead atoms. The number of aryl methyl sites for hydroxylation is 1. The summed E-state index contributed by atoms with van der Waals surface area (Å²) in [5, 5.41) is 9.01. The number of carboxylic acid groups (broad SMARTS) is 1. The summed E-state index contributed by atoms with van der Waals surface area (Å²) in [6, 6.07) is 6.71. The van der Waals surface area contributed by atoms with Gasteiger partial charge in [0.1, 0.15) is 0 Å². The van der Waals surface area contributed by atoms with Gasteiger partial charge in [0.25, 0.3) is 0 Å². The van der Waals surface area contributed by atoms with Gasteiger partial charge in [-0.25, -0.2) is 4.79 Å². The van der Waals surface area contributed by atoms with Crippen molar-refractivity contribution in [2.75, 3.05) is 24.4 Å². The highest BCUT2D eigenvalue weighted by Gasteiger charge is 2.33. The van der Waals surface area contributed by atoms with Crippen molar-refractivity contribution in [2.24, 2.45) is 0 Å². The maximum atomic E-state index is 12.3. The lowest BCUT2D eigenvalue weighted by molar-refractivity contribution is 0.0994. The third-order valence-corrected chi connectivity index (χ3v) is 4.95. The fourth-order valence-electron chi connectivity index (χ4n) is 2.35. The van der Waals surface area contributed by atoms with E-state index >= 15 is 0 Å². The van der Waals surface area contributed by atoms with Crippen molar-refractivity contribution in [3.8, 4) is 0 Å². The molecule has 0 radical (unpaired) electrons. The summed E-state index contributed by atoms with van der Waals surface area (Å²) in [6.45, 7) is 4.05. The van der Waals surface area contributed by atoms with Crippen LogP contribution in [0.1, 0.15) is 12.5 Å². The van der Waals surface area contributed by atoms with Crippen molar-refractivity contribution in [3.63, 3.8) is 0 Å². The van der Waals surface area contributed by atoms with Gasteiger partial charge in [-0.1, -0.05) is 12.1 Å². The number of hydrogen-bond acceptors (Lipinski definition) is 3. The zero-order valence-electron chi connectivity index (χ0n) is 12.0. The molecule has 1 aliphatic heterocycles. The van der Waals surface area contributed by atoms with Crippen LogP contribution in [0, 0.1) is 6.92 Å². The Balaban J connectivity index is 2.09. The molecule has 2 rings (SSSR count). The van der Waals surface area contributed by atoms with Crippen LogP contribution in [0.25, 0.3) is 0 Å². The molecule has 1 heterocycles. The molecule has 2 N–H and O–H groups in total. The third-order valence-electron chi connectivity index (χ3n) is 3.44. The highest BCUT2D eigenvalue weighted by Crippen LogP contribution is 2.17. The van der Waals surface area contributed by atoms with Crippen molar-refractivity contribution in [1.82, 2.24) is 9.21 Å². The largest absolute Gasteiger partial charge is 0.465 e. The number of rotatable bonds is 3. The van der Waals surface area contributed by atoms with E-state index in [4.69, 9.17) is 5.11 Å². The minimum absolute atomic E-state index is 0.146. The Hall–Kier alpha value is -1.80. The fraction of sp³-hybridized carbons (Fsp3) is 0.462. The molecule has 1 aliphatic rings. The van der Waals surface area contributed by atoms with E-state index in [0.29, 0.717) is 5.69 Å². The van der Waals surface area contributed by atoms with Crippen LogP contribution in [0.4, 0.5) is 10.5 Å². The molecule has 1 aromatic rings. The first kappa shape index (κ1) is 15.6. The first-order valence-electron chi connectivity index (χ1n) is 6.64. The average Bonchev–Trinajstić information content (AvgIpc) is 2.37. The van der Waals surface area contributed by atoms with Crippen LogP contribution in [0.2, 0.25) is 0 Å². The number of nitrogens with zero attached hydrogens (tertiary/aromatic N) is 2. The summed E-state index contributed by atoms with van der Waals surface area (Å²) in [7, 11) is -3.67. The monoisotopic (exact) mass is 313 g/mol. The summed E-state index contributed by atoms with van der Waals surface area (Å²) in [5.41, 5.74) is 1.46. The molecule has 1 amide bonds. The van der Waals surface area contributed by atoms with E-state index in [1.54, 1.807) is 25.1 Å². The van der Waals surface area contributed by atoms with Crippen LogP contribution in [0.15, 0.2) is 24.3 Å². The van der Waals surface area contributed by atoms with Gasteiger partial charge in [0.15, 0.2) is 0 Å². The predicted molar refractivity (Wildman–Crippen MR) is 79.5 cm³/mol. The van der Waals surface area contributed by atoms with Crippen molar-refractivity contribution >= 4 is 22.0 Å². The summed E-state index contributed by atoms with van der Waals surface area (Å²) < 4.78 is 28.5. The molecular formula is C13H19N3O4S. The number of nitrogens with one attached hydrogen (secondary N) is 1. The van der Waals surface area contributed by atoms with E-state index in [0.717, 1.165) is 5.56 Å². The van der Waals surface area contributed by atoms with E-state index < -0.39 is 16.3 Å². The molecule has 21 heavy (non-hydrogen) atoms. The quantitative estimate of drug-likeness (QED) is 0.881. The van der Waals surface area contributed by atoms with Crippen molar-refractivity contribution in [3.05, 3.63) is 29.8 Å². The normalized spacial score (nSPS) is 20.3. The van der Waals surface area contributed by atoms with Gasteiger partial charge >= 0.3 is 16.3 Å². The van der Waals surface area contributed by atoms with E-state index in [1.165, 1.54) is 9.21 Å². The first-order valence-corrected chi connectivity index (χ1v) is 8.08. The Morgan fingerprint density at radius 2 is 2.10 bits per heavy atom. The van der Waals surface area contributed by atoms with Crippen molar-refractivity contribution in [2.45, 2.75) is 19.9 Å². The van der Waals surface area contributed by atoms with E-state index in [1.807, 2.05) is 13.0 Å². The maximum absolute atomic E-state index is 12.3. The molecule has 8 heteroatoms. The summed E-state index contributed by atoms with van der Waals surface area (Å²) >= 11 is 0. The molecule has 116 valence electrons. The smallest absolute Gasteiger partial charge is 0.407 e. The Morgan fingerprint density at radius 3 is 2.67 bits per heavy atom. The molecule has 0 aliphatic carbocycles. The van der Waals surface area contributed by atoms with Crippen LogP contribution in [0.5, 0.6) is 0 Å². The zero-order chi connectivity index (χ0) is 15.6. The lowest BCUT2D eigenvalue weighted by atomic mass is 10.2. The molecule has 1 aromatic carbocycles. The molecule has 0 spiro atoms. The van der Waals surface area contributed by atoms with Gasteiger partial charge in [-0.15, -0.1) is 0 Å². The lowest BCUT2D eigenvalue weighted by Crippen LogP contribution is -2.56. The van der Waals surface area contributed by atoms with Gasteiger partial charge in [0.05, 0.1) is 5.69 Å². The number of carbonyl (C=O) groups is 1. The van der Waals surface area contributed by atoms with Crippen LogP contribution in [-0.2, 0) is 10.2 Å². The standard InChI is InChI=1S/C13H19N3O4S/c1-10-4-3-5-12(8-10)14-21(19,20)15-6-7-16(13(17)18)11(2)9-15/h3-5,8,11,14H,6-7,9H2,1-2H3,(H,17,18)/t11-/m0/s1. The van der Waals surface area contributed by atoms with Crippen molar-refractivity contribution in [1.29, 1.82) is 0 Å². The molecule has 0 aromatic heterocycles. The number of piperazine rings is 1. The molecular weight excluding hydrogens is 294 g/mol. The minimum Gasteiger partial charge on any atom is -0.465 e. The average molecular weight is 313 g/mol. The second-order valence-electron chi connectivity index (χ2n) is 5.16. The Labute approximate surface area is 124 Å². The fourth-order valence-corrected chi connectivity index (χ4v) is 3.64. The lowest BCUT2D eigenvalue weighted by Gasteiger charge is -2.37. The van der Waals surface area contributed by atoms with Gasteiger partial charge in [0, 0.05) is 25.7 Å². The molecule has 1 saturated heterocycles. The highest BCUT2D eigenvalue weighted by atomic mass is 32.2. The first-order chi connectivity index (χ1) is 9.79. The Morgan fingerprint density at radius 1 is 1.38 bits per heavy atom. The number of amides is 1. The summed E-state index contributed by atoms with van der Waals surface area (Å²) in [5.74, 6) is 0. The second-order valence-corrected chi connectivity index (χ2v) is 6.83. The van der Waals surface area contributed by atoms with E-state index in [-0.39, 0.29) is 25.7 Å². The molecule has 1 atom stereocenters.